The molecule has 1 aromatic carbocycles. The van der Waals surface area contributed by atoms with Gasteiger partial charge in [0.15, 0.2) is 11.8 Å². The highest BCUT2D eigenvalue weighted by Gasteiger charge is 2.22. The van der Waals surface area contributed by atoms with Crippen LogP contribution in [-0.2, 0) is 20.1 Å². The topological polar surface area (TPSA) is 70.8 Å². The Balaban J connectivity index is 1.46. The molecule has 2 aromatic heterocycles. The molecule has 1 fully saturated rings. The number of ether oxygens (including phenoxy) is 1. The van der Waals surface area contributed by atoms with Gasteiger partial charge in [-0.15, -0.1) is 21.5 Å². The van der Waals surface area contributed by atoms with Crippen LogP contribution in [0.5, 0.6) is 5.75 Å². The molecular weight excluding hydrogens is 410 g/mol. The predicted molar refractivity (Wildman–Crippen MR) is 125 cm³/mol. The summed E-state index contributed by atoms with van der Waals surface area (Å²) in [6.45, 7) is 6.79. The van der Waals surface area contributed by atoms with Gasteiger partial charge in [-0.3, -0.25) is 0 Å². The molecule has 0 amide bonds. The summed E-state index contributed by atoms with van der Waals surface area (Å²) in [5.41, 5.74) is 1.14. The van der Waals surface area contributed by atoms with Gasteiger partial charge in [-0.05, 0) is 30.5 Å². The van der Waals surface area contributed by atoms with E-state index in [2.05, 4.69) is 55.0 Å². The minimum absolute atomic E-state index is 0.497. The van der Waals surface area contributed by atoms with Gasteiger partial charge < -0.3 is 24.4 Å². The van der Waals surface area contributed by atoms with Crippen molar-refractivity contribution >= 4 is 23.0 Å². The first kappa shape index (κ1) is 21.2. The minimum Gasteiger partial charge on any atom is -0.495 e. The number of hydrogen-bond donors (Lipinski definition) is 1. The number of guanidine groups is 1. The zero-order valence-corrected chi connectivity index (χ0v) is 19.1. The molecule has 0 spiro atoms. The summed E-state index contributed by atoms with van der Waals surface area (Å²) in [4.78, 5) is 10.9. The third kappa shape index (κ3) is 4.99. The minimum atomic E-state index is 0.497. The number of thiophene rings is 1. The van der Waals surface area contributed by atoms with Gasteiger partial charge in [0.2, 0.25) is 0 Å². The van der Waals surface area contributed by atoms with Gasteiger partial charge in [0, 0.05) is 38.1 Å². The second-order valence-electron chi connectivity index (χ2n) is 7.44. The van der Waals surface area contributed by atoms with E-state index in [1.807, 2.05) is 30.7 Å². The fourth-order valence-electron chi connectivity index (χ4n) is 3.63. The van der Waals surface area contributed by atoms with Crippen LogP contribution in [0.15, 0.2) is 46.8 Å². The summed E-state index contributed by atoms with van der Waals surface area (Å²) in [7, 11) is 3.70. The van der Waals surface area contributed by atoms with Gasteiger partial charge >= 0.3 is 0 Å². The Morgan fingerprint density at radius 2 is 1.94 bits per heavy atom. The van der Waals surface area contributed by atoms with Crippen LogP contribution >= 0.6 is 11.3 Å². The summed E-state index contributed by atoms with van der Waals surface area (Å²) in [5, 5.41) is 14.0. The van der Waals surface area contributed by atoms with Gasteiger partial charge in [-0.25, -0.2) is 4.99 Å². The molecule has 3 aromatic rings. The number of benzene rings is 1. The van der Waals surface area contributed by atoms with Crippen LogP contribution in [0, 0.1) is 6.92 Å². The molecule has 1 saturated heterocycles. The van der Waals surface area contributed by atoms with Crippen LogP contribution < -0.4 is 15.0 Å². The van der Waals surface area contributed by atoms with Gasteiger partial charge in [0.1, 0.15) is 18.1 Å². The van der Waals surface area contributed by atoms with Crippen LogP contribution in [0.1, 0.15) is 16.5 Å². The van der Waals surface area contributed by atoms with Gasteiger partial charge in [0.05, 0.1) is 19.3 Å². The highest BCUT2D eigenvalue weighted by atomic mass is 32.1. The van der Waals surface area contributed by atoms with Crippen LogP contribution in [0.3, 0.4) is 0 Å². The maximum Gasteiger partial charge on any atom is 0.194 e. The lowest BCUT2D eigenvalue weighted by molar-refractivity contribution is 0.366. The number of rotatable bonds is 6. The maximum absolute atomic E-state index is 5.55. The number of aryl methyl sites for hydroxylation is 1. The zero-order valence-electron chi connectivity index (χ0n) is 18.3. The summed E-state index contributed by atoms with van der Waals surface area (Å²) in [6, 6.07) is 12.4. The fourth-order valence-corrected chi connectivity index (χ4v) is 4.28. The third-order valence-corrected chi connectivity index (χ3v) is 6.44. The van der Waals surface area contributed by atoms with Crippen molar-refractivity contribution in [2.24, 2.45) is 12.0 Å². The second-order valence-corrected chi connectivity index (χ2v) is 8.47. The molecule has 1 aliphatic rings. The molecule has 164 valence electrons. The zero-order chi connectivity index (χ0) is 21.6. The number of para-hydroxylation sites is 2. The van der Waals surface area contributed by atoms with Gasteiger partial charge in [-0.1, -0.05) is 18.2 Å². The molecule has 1 N–H and O–H groups in total. The monoisotopic (exact) mass is 439 g/mol. The Morgan fingerprint density at radius 3 is 2.61 bits per heavy atom. The lowest BCUT2D eigenvalue weighted by atomic mass is 10.2. The summed E-state index contributed by atoms with van der Waals surface area (Å²) >= 11 is 1.75. The van der Waals surface area contributed by atoms with E-state index in [0.29, 0.717) is 6.54 Å². The molecule has 3 heterocycles. The molecule has 0 unspecified atom stereocenters. The van der Waals surface area contributed by atoms with E-state index < -0.39 is 0 Å². The van der Waals surface area contributed by atoms with Crippen LogP contribution in [-0.4, -0.2) is 58.9 Å². The van der Waals surface area contributed by atoms with Gasteiger partial charge in [0.25, 0.3) is 0 Å². The number of nitrogens with zero attached hydrogens (tertiary/aromatic N) is 6. The third-order valence-electron chi connectivity index (χ3n) is 5.56. The van der Waals surface area contributed by atoms with Crippen LogP contribution in [0.25, 0.3) is 0 Å². The van der Waals surface area contributed by atoms with Crippen LogP contribution in [0.4, 0.5) is 5.69 Å². The number of piperazine rings is 1. The van der Waals surface area contributed by atoms with Crippen molar-refractivity contribution in [3.63, 3.8) is 0 Å². The van der Waals surface area contributed by atoms with E-state index in [-0.39, 0.29) is 0 Å². The van der Waals surface area contributed by atoms with Crippen LogP contribution in [0.2, 0.25) is 0 Å². The molecule has 0 bridgehead atoms. The Bertz CT molecular complexity index is 1010. The number of aliphatic imine (C=N–C) groups is 1. The van der Waals surface area contributed by atoms with E-state index in [9.17, 15) is 0 Å². The molecule has 0 saturated carbocycles. The fraction of sp³-hybridized carbons (Fsp3) is 0.409. The van der Waals surface area contributed by atoms with E-state index in [1.54, 1.807) is 18.4 Å². The molecule has 0 aliphatic carbocycles. The number of methoxy groups -OCH3 is 1. The SMILES string of the molecule is COc1ccccc1N1CCN(C(=NCc2nnc(C)n2C)NCc2cccs2)CC1. The summed E-state index contributed by atoms with van der Waals surface area (Å²) in [5.74, 6) is 3.58. The van der Waals surface area contributed by atoms with Crippen molar-refractivity contribution in [3.05, 3.63) is 58.3 Å². The molecular formula is C22H29N7OS. The Hall–Kier alpha value is -3.07. The van der Waals surface area contributed by atoms with Gasteiger partial charge in [-0.2, -0.15) is 0 Å². The van der Waals surface area contributed by atoms with E-state index in [0.717, 1.165) is 61.8 Å². The molecule has 31 heavy (non-hydrogen) atoms. The van der Waals surface area contributed by atoms with Crippen molar-refractivity contribution in [2.75, 3.05) is 38.2 Å². The predicted octanol–water partition coefficient (Wildman–Crippen LogP) is 2.66. The lowest BCUT2D eigenvalue weighted by Crippen LogP contribution is -2.52. The first-order valence-corrected chi connectivity index (χ1v) is 11.3. The highest BCUT2D eigenvalue weighted by Crippen LogP contribution is 2.28. The highest BCUT2D eigenvalue weighted by molar-refractivity contribution is 7.09. The Kier molecular flexibility index (Phi) is 6.71. The summed E-state index contributed by atoms with van der Waals surface area (Å²) in [6.07, 6.45) is 0. The Labute approximate surface area is 187 Å². The number of hydrogen-bond acceptors (Lipinski definition) is 6. The number of aromatic nitrogens is 3. The first-order valence-electron chi connectivity index (χ1n) is 10.4. The van der Waals surface area contributed by atoms with Crippen molar-refractivity contribution in [1.29, 1.82) is 0 Å². The smallest absolute Gasteiger partial charge is 0.194 e. The molecule has 9 heteroatoms. The van der Waals surface area contributed by atoms with Crippen molar-refractivity contribution < 1.29 is 4.74 Å². The largest absolute Gasteiger partial charge is 0.495 e. The molecule has 1 aliphatic heterocycles. The normalized spacial score (nSPS) is 14.7. The first-order chi connectivity index (χ1) is 15.2. The standard InChI is InChI=1S/C22H29N7OS/c1-17-25-26-21(27(17)2)16-24-22(23-15-18-7-6-14-31-18)29-12-10-28(11-13-29)19-8-4-5-9-20(19)30-3/h4-9,14H,10-13,15-16H2,1-3H3,(H,23,24). The molecule has 0 radical (unpaired) electrons. The average molecular weight is 440 g/mol. The van der Waals surface area contributed by atoms with Crippen molar-refractivity contribution in [2.45, 2.75) is 20.0 Å². The molecule has 4 rings (SSSR count). The molecule has 0 atom stereocenters. The lowest BCUT2D eigenvalue weighted by Gasteiger charge is -2.38. The van der Waals surface area contributed by atoms with Crippen molar-refractivity contribution in [1.82, 2.24) is 25.0 Å². The van der Waals surface area contributed by atoms with E-state index in [1.165, 1.54) is 4.88 Å². The summed E-state index contributed by atoms with van der Waals surface area (Å²) < 4.78 is 7.53. The average Bonchev–Trinajstić information content (AvgIpc) is 3.44. The maximum atomic E-state index is 5.55. The number of anilines is 1. The van der Waals surface area contributed by atoms with E-state index in [4.69, 9.17) is 9.73 Å². The second kappa shape index (κ2) is 9.82. The Morgan fingerprint density at radius 1 is 1.13 bits per heavy atom. The molecule has 8 nitrogen and oxygen atoms in total. The number of nitrogens with one attached hydrogen (secondary N) is 1. The quantitative estimate of drug-likeness (QED) is 0.470. The van der Waals surface area contributed by atoms with E-state index >= 15 is 0 Å². The van der Waals surface area contributed by atoms with Crippen molar-refractivity contribution in [3.8, 4) is 5.75 Å².